The summed E-state index contributed by atoms with van der Waals surface area (Å²) in [6.45, 7) is 4.39. The Bertz CT molecular complexity index is 702. The number of benzene rings is 1. The van der Waals surface area contributed by atoms with Gasteiger partial charge in [-0.2, -0.15) is 0 Å². The average molecular weight is 344 g/mol. The lowest BCUT2D eigenvalue weighted by Crippen LogP contribution is -2.44. The van der Waals surface area contributed by atoms with Gasteiger partial charge in [-0.3, -0.25) is 4.79 Å². The van der Waals surface area contributed by atoms with Gasteiger partial charge in [-0.25, -0.2) is 4.68 Å². The molecule has 0 radical (unpaired) electrons. The van der Waals surface area contributed by atoms with E-state index in [4.69, 9.17) is 9.47 Å². The molecular weight excluding hydrogens is 320 g/mol. The third-order valence-electron chi connectivity index (χ3n) is 4.42. The van der Waals surface area contributed by atoms with Crippen LogP contribution in [0.4, 0.5) is 0 Å². The van der Waals surface area contributed by atoms with Crippen LogP contribution >= 0.6 is 0 Å². The summed E-state index contributed by atoms with van der Waals surface area (Å²) in [5.74, 6) is -0.0486. The Morgan fingerprint density at radius 2 is 2.12 bits per heavy atom. The van der Waals surface area contributed by atoms with Crippen molar-refractivity contribution in [3.8, 4) is 0 Å². The Hall–Kier alpha value is -2.25. The highest BCUT2D eigenvalue weighted by molar-refractivity contribution is 5.78. The van der Waals surface area contributed by atoms with Gasteiger partial charge in [0.25, 0.3) is 0 Å². The molecule has 1 aliphatic heterocycles. The van der Waals surface area contributed by atoms with E-state index in [9.17, 15) is 4.79 Å². The second-order valence-corrected chi connectivity index (χ2v) is 6.02. The van der Waals surface area contributed by atoms with Gasteiger partial charge in [0, 0.05) is 26.6 Å². The highest BCUT2D eigenvalue weighted by atomic mass is 16.5. The van der Waals surface area contributed by atoms with Gasteiger partial charge in [-0.15, -0.1) is 5.10 Å². The molecule has 0 spiro atoms. The Morgan fingerprint density at radius 3 is 2.84 bits per heavy atom. The van der Waals surface area contributed by atoms with Crippen molar-refractivity contribution in [1.29, 1.82) is 0 Å². The zero-order valence-corrected chi connectivity index (χ0v) is 14.7. The highest BCUT2D eigenvalue weighted by Gasteiger charge is 2.34. The lowest BCUT2D eigenvalue weighted by molar-refractivity contribution is -0.140. The Kier molecular flexibility index (Phi) is 5.78. The molecular formula is C18H24N4O3. The van der Waals surface area contributed by atoms with E-state index in [1.54, 1.807) is 4.90 Å². The predicted molar refractivity (Wildman–Crippen MR) is 91.8 cm³/mol. The summed E-state index contributed by atoms with van der Waals surface area (Å²) in [7, 11) is 1.53. The number of aryl methyl sites for hydroxylation is 1. The van der Waals surface area contributed by atoms with E-state index in [1.165, 1.54) is 7.11 Å². The number of aromatic nitrogens is 3. The summed E-state index contributed by atoms with van der Waals surface area (Å²) in [6.07, 6.45) is 0.751. The maximum absolute atomic E-state index is 12.4. The number of methoxy groups -OCH3 is 1. The monoisotopic (exact) mass is 344 g/mol. The van der Waals surface area contributed by atoms with Gasteiger partial charge < -0.3 is 14.4 Å². The molecule has 1 atom stereocenters. The van der Waals surface area contributed by atoms with Crippen LogP contribution in [-0.4, -0.2) is 52.7 Å². The molecule has 0 unspecified atom stereocenters. The number of carbonyl (C=O) groups excluding carboxylic acids is 1. The average Bonchev–Trinajstić information content (AvgIpc) is 3.06. The minimum atomic E-state index is -0.226. The molecule has 1 amide bonds. The zero-order valence-electron chi connectivity index (χ0n) is 14.7. The maximum Gasteiger partial charge on any atom is 0.249 e. The molecule has 25 heavy (non-hydrogen) atoms. The molecule has 1 aromatic carbocycles. The highest BCUT2D eigenvalue weighted by Crippen LogP contribution is 2.28. The standard InChI is InChI=1S/C18H24N4O3/c1-3-22-15-9-10-21(17(23)13-24-2)16(18(15)19-20-22)12-25-11-14-7-5-4-6-8-14/h4-8,16H,3,9-13H2,1-2H3/t16-/m0/s1. The van der Waals surface area contributed by atoms with Crippen molar-refractivity contribution >= 4 is 5.91 Å². The lowest BCUT2D eigenvalue weighted by atomic mass is 10.0. The minimum absolute atomic E-state index is 0.0486. The second-order valence-electron chi connectivity index (χ2n) is 6.02. The molecule has 7 heteroatoms. The number of hydrogen-bond donors (Lipinski definition) is 0. The number of carbonyl (C=O) groups is 1. The van der Waals surface area contributed by atoms with E-state index in [0.29, 0.717) is 19.8 Å². The van der Waals surface area contributed by atoms with Crippen LogP contribution < -0.4 is 0 Å². The van der Waals surface area contributed by atoms with Crippen LogP contribution in [0.25, 0.3) is 0 Å². The molecule has 7 nitrogen and oxygen atoms in total. The molecule has 0 fully saturated rings. The van der Waals surface area contributed by atoms with E-state index < -0.39 is 0 Å². The molecule has 0 N–H and O–H groups in total. The maximum atomic E-state index is 12.4. The largest absolute Gasteiger partial charge is 0.375 e. The second kappa shape index (κ2) is 8.22. The summed E-state index contributed by atoms with van der Waals surface area (Å²) in [5.41, 5.74) is 3.04. The first-order valence-electron chi connectivity index (χ1n) is 8.57. The van der Waals surface area contributed by atoms with Crippen LogP contribution in [0.1, 0.15) is 29.9 Å². The Morgan fingerprint density at radius 1 is 1.32 bits per heavy atom. The number of hydrogen-bond acceptors (Lipinski definition) is 5. The van der Waals surface area contributed by atoms with Gasteiger partial charge >= 0.3 is 0 Å². The molecule has 2 aromatic rings. The third-order valence-corrected chi connectivity index (χ3v) is 4.42. The smallest absolute Gasteiger partial charge is 0.249 e. The normalized spacial score (nSPS) is 16.7. The summed E-state index contributed by atoms with van der Waals surface area (Å²) in [6, 6.07) is 9.76. The number of ether oxygens (including phenoxy) is 2. The first kappa shape index (κ1) is 17.6. The third kappa shape index (κ3) is 3.88. The SMILES string of the molecule is CCn1nnc2c1CCN(C(=O)COC)[C@H]2COCc1ccccc1. The molecule has 2 heterocycles. The molecule has 0 saturated heterocycles. The molecule has 0 bridgehead atoms. The van der Waals surface area contributed by atoms with Gasteiger partial charge in [-0.1, -0.05) is 35.5 Å². The number of amides is 1. The van der Waals surface area contributed by atoms with Crippen LogP contribution in [0.5, 0.6) is 0 Å². The van der Waals surface area contributed by atoms with Gasteiger partial charge in [0.1, 0.15) is 18.3 Å². The van der Waals surface area contributed by atoms with Crippen LogP contribution in [0.15, 0.2) is 30.3 Å². The summed E-state index contributed by atoms with van der Waals surface area (Å²) < 4.78 is 12.8. The van der Waals surface area contributed by atoms with E-state index in [0.717, 1.165) is 29.9 Å². The fourth-order valence-electron chi connectivity index (χ4n) is 3.18. The predicted octanol–water partition coefficient (Wildman–Crippen LogP) is 1.59. The van der Waals surface area contributed by atoms with Crippen molar-refractivity contribution in [2.45, 2.75) is 32.5 Å². The van der Waals surface area contributed by atoms with Crippen molar-refractivity contribution in [1.82, 2.24) is 19.9 Å². The van der Waals surface area contributed by atoms with Crippen molar-refractivity contribution < 1.29 is 14.3 Å². The Balaban J connectivity index is 1.75. The molecule has 1 aliphatic rings. The first-order chi connectivity index (χ1) is 12.2. The molecule has 1 aromatic heterocycles. The number of rotatable bonds is 7. The van der Waals surface area contributed by atoms with Gasteiger partial charge in [0.15, 0.2) is 0 Å². The lowest BCUT2D eigenvalue weighted by Gasteiger charge is -2.34. The zero-order chi connectivity index (χ0) is 17.6. The summed E-state index contributed by atoms with van der Waals surface area (Å²) in [4.78, 5) is 14.2. The molecule has 0 saturated carbocycles. The van der Waals surface area contributed by atoms with Crippen LogP contribution in [0.3, 0.4) is 0 Å². The van der Waals surface area contributed by atoms with Crippen LogP contribution in [-0.2, 0) is 33.8 Å². The van der Waals surface area contributed by atoms with Gasteiger partial charge in [0.2, 0.25) is 5.91 Å². The fraction of sp³-hybridized carbons (Fsp3) is 0.500. The molecule has 3 rings (SSSR count). The fourth-order valence-corrected chi connectivity index (χ4v) is 3.18. The van der Waals surface area contributed by atoms with E-state index in [-0.39, 0.29) is 18.6 Å². The van der Waals surface area contributed by atoms with Crippen LogP contribution in [0, 0.1) is 0 Å². The van der Waals surface area contributed by atoms with Crippen LogP contribution in [0.2, 0.25) is 0 Å². The van der Waals surface area contributed by atoms with E-state index in [1.807, 2.05) is 41.9 Å². The molecule has 134 valence electrons. The quantitative estimate of drug-likeness (QED) is 0.763. The van der Waals surface area contributed by atoms with Gasteiger partial charge in [-0.05, 0) is 12.5 Å². The Labute approximate surface area is 147 Å². The van der Waals surface area contributed by atoms with Crippen molar-refractivity contribution in [3.05, 3.63) is 47.3 Å². The van der Waals surface area contributed by atoms with Crippen molar-refractivity contribution in [3.63, 3.8) is 0 Å². The first-order valence-corrected chi connectivity index (χ1v) is 8.57. The van der Waals surface area contributed by atoms with Crippen molar-refractivity contribution in [2.75, 3.05) is 26.9 Å². The van der Waals surface area contributed by atoms with Gasteiger partial charge in [0.05, 0.1) is 18.9 Å². The number of fused-ring (bicyclic) bond motifs is 1. The number of nitrogens with zero attached hydrogens (tertiary/aromatic N) is 4. The summed E-state index contributed by atoms with van der Waals surface area (Å²) in [5, 5.41) is 8.54. The van der Waals surface area contributed by atoms with E-state index >= 15 is 0 Å². The van der Waals surface area contributed by atoms with E-state index in [2.05, 4.69) is 10.3 Å². The molecule has 0 aliphatic carbocycles. The van der Waals surface area contributed by atoms with Crippen molar-refractivity contribution in [2.24, 2.45) is 0 Å². The topological polar surface area (TPSA) is 69.5 Å². The minimum Gasteiger partial charge on any atom is -0.375 e. The summed E-state index contributed by atoms with van der Waals surface area (Å²) >= 11 is 0.